The van der Waals surface area contributed by atoms with E-state index in [1.807, 2.05) is 6.92 Å². The van der Waals surface area contributed by atoms with Crippen LogP contribution in [0.1, 0.15) is 24.1 Å². The van der Waals surface area contributed by atoms with Crippen molar-refractivity contribution < 1.29 is 24.2 Å². The Kier molecular flexibility index (Phi) is 6.56. The van der Waals surface area contributed by atoms with Gasteiger partial charge < -0.3 is 14.6 Å². The Labute approximate surface area is 178 Å². The lowest BCUT2D eigenvalue weighted by Crippen LogP contribution is -2.37. The van der Waals surface area contributed by atoms with Crippen molar-refractivity contribution in [3.63, 3.8) is 0 Å². The number of carboxylic acids is 1. The lowest BCUT2D eigenvalue weighted by atomic mass is 10.1. The minimum Gasteiger partial charge on any atom is -0.493 e. The Morgan fingerprint density at radius 2 is 1.97 bits per heavy atom. The summed E-state index contributed by atoms with van der Waals surface area (Å²) in [6, 6.07) is 12.7. The number of methoxy groups -OCH3 is 1. The highest BCUT2D eigenvalue weighted by atomic mass is 32.2. The van der Waals surface area contributed by atoms with E-state index >= 15 is 0 Å². The fraction of sp³-hybridized carbons (Fsp3) is 0.190. The summed E-state index contributed by atoms with van der Waals surface area (Å²) < 4.78 is 11.0. The summed E-state index contributed by atoms with van der Waals surface area (Å²) in [6.45, 7) is 2.34. The molecule has 1 heterocycles. The molecule has 1 N–H and O–H groups in total. The zero-order chi connectivity index (χ0) is 21.0. The van der Waals surface area contributed by atoms with Crippen LogP contribution in [-0.2, 0) is 9.59 Å². The van der Waals surface area contributed by atoms with Gasteiger partial charge in [-0.05, 0) is 36.3 Å². The molecule has 1 aliphatic heterocycles. The van der Waals surface area contributed by atoms with Gasteiger partial charge in [0.25, 0.3) is 5.91 Å². The van der Waals surface area contributed by atoms with Crippen LogP contribution in [0.4, 0.5) is 0 Å². The summed E-state index contributed by atoms with van der Waals surface area (Å²) in [4.78, 5) is 26.4. The fourth-order valence-corrected chi connectivity index (χ4v) is 4.26. The number of hydrogen-bond acceptors (Lipinski definition) is 6. The molecule has 1 saturated heterocycles. The van der Waals surface area contributed by atoms with E-state index in [4.69, 9.17) is 21.7 Å². The van der Waals surface area contributed by atoms with E-state index in [0.717, 1.165) is 22.2 Å². The Hall–Kier alpha value is -2.84. The van der Waals surface area contributed by atoms with Crippen LogP contribution in [0.25, 0.3) is 6.08 Å². The van der Waals surface area contributed by atoms with Crippen molar-refractivity contribution in [1.29, 1.82) is 0 Å². The number of ether oxygens (including phenoxy) is 2. The second-order valence-corrected chi connectivity index (χ2v) is 7.72. The summed E-state index contributed by atoms with van der Waals surface area (Å²) in [5.74, 6) is -0.430. The second kappa shape index (κ2) is 9.11. The van der Waals surface area contributed by atoms with E-state index in [9.17, 15) is 14.7 Å². The van der Waals surface area contributed by atoms with Gasteiger partial charge in [-0.3, -0.25) is 9.69 Å². The van der Waals surface area contributed by atoms with Crippen molar-refractivity contribution in [2.45, 2.75) is 13.0 Å². The monoisotopic (exact) mass is 429 g/mol. The van der Waals surface area contributed by atoms with Crippen molar-refractivity contribution in [3.05, 3.63) is 64.6 Å². The first kappa shape index (κ1) is 20.9. The van der Waals surface area contributed by atoms with Gasteiger partial charge in [0.15, 0.2) is 17.5 Å². The standard InChI is InChI=1S/C21H19NO5S2/c1-3-27-16-11-13(9-10-15(16)26-2)12-17-19(23)22(21(28)29-17)18(20(24)25)14-7-5-4-6-8-14/h4-12,18H,3H2,1-2H3,(H,24,25)/b17-12-. The molecule has 0 radical (unpaired) electrons. The van der Waals surface area contributed by atoms with E-state index in [2.05, 4.69) is 0 Å². The summed E-state index contributed by atoms with van der Waals surface area (Å²) in [7, 11) is 1.55. The number of benzene rings is 2. The minimum atomic E-state index is -1.18. The van der Waals surface area contributed by atoms with Crippen LogP contribution in [0.3, 0.4) is 0 Å². The predicted octanol–water partition coefficient (Wildman–Crippen LogP) is 4.12. The van der Waals surface area contributed by atoms with E-state index in [0.29, 0.717) is 28.6 Å². The third kappa shape index (κ3) is 4.44. The summed E-state index contributed by atoms with van der Waals surface area (Å²) >= 11 is 6.41. The van der Waals surface area contributed by atoms with Crippen LogP contribution in [0.15, 0.2) is 53.4 Å². The lowest BCUT2D eigenvalue weighted by Gasteiger charge is -2.23. The summed E-state index contributed by atoms with van der Waals surface area (Å²) in [5.41, 5.74) is 1.21. The smallest absolute Gasteiger partial charge is 0.331 e. The molecule has 3 rings (SSSR count). The van der Waals surface area contributed by atoms with Crippen molar-refractivity contribution in [1.82, 2.24) is 4.90 Å². The minimum absolute atomic E-state index is 0.205. The first-order valence-corrected chi connectivity index (χ1v) is 10.0. The van der Waals surface area contributed by atoms with Crippen molar-refractivity contribution in [2.24, 2.45) is 0 Å². The molecule has 0 aliphatic carbocycles. The SMILES string of the molecule is CCOc1cc(/C=C2\SC(=S)N(C(C(=O)O)c3ccccc3)C2=O)ccc1OC. The third-order valence-corrected chi connectivity index (χ3v) is 5.55. The molecule has 2 aromatic rings. The number of carbonyl (C=O) groups is 2. The molecular weight excluding hydrogens is 410 g/mol. The van der Waals surface area contributed by atoms with Gasteiger partial charge >= 0.3 is 5.97 Å². The van der Waals surface area contributed by atoms with Crippen LogP contribution < -0.4 is 9.47 Å². The van der Waals surface area contributed by atoms with Crippen molar-refractivity contribution in [3.8, 4) is 11.5 Å². The zero-order valence-corrected chi connectivity index (χ0v) is 17.5. The maximum absolute atomic E-state index is 13.0. The number of thiocarbonyl (C=S) groups is 1. The van der Waals surface area contributed by atoms with Crippen molar-refractivity contribution in [2.75, 3.05) is 13.7 Å². The molecule has 1 amide bonds. The molecule has 2 aromatic carbocycles. The molecule has 0 bridgehead atoms. The number of amides is 1. The molecule has 29 heavy (non-hydrogen) atoms. The average Bonchev–Trinajstić information content (AvgIpc) is 2.97. The van der Waals surface area contributed by atoms with Crippen molar-refractivity contribution >= 4 is 46.3 Å². The molecule has 1 aliphatic rings. The van der Waals surface area contributed by atoms with E-state index in [1.165, 1.54) is 0 Å². The number of rotatable bonds is 7. The molecule has 0 saturated carbocycles. The molecule has 1 fully saturated rings. The predicted molar refractivity (Wildman–Crippen MR) is 116 cm³/mol. The van der Waals surface area contributed by atoms with Crippen LogP contribution in [-0.4, -0.2) is 39.9 Å². The highest BCUT2D eigenvalue weighted by Gasteiger charge is 2.41. The average molecular weight is 430 g/mol. The first-order chi connectivity index (χ1) is 14.0. The Morgan fingerprint density at radius 3 is 2.59 bits per heavy atom. The first-order valence-electron chi connectivity index (χ1n) is 8.82. The summed E-state index contributed by atoms with van der Waals surface area (Å²) in [5, 5.41) is 9.74. The highest BCUT2D eigenvalue weighted by molar-refractivity contribution is 8.26. The largest absolute Gasteiger partial charge is 0.493 e. The van der Waals surface area contributed by atoms with Gasteiger partial charge in [0, 0.05) is 0 Å². The fourth-order valence-electron chi connectivity index (χ4n) is 2.94. The Bertz CT molecular complexity index is 974. The van der Waals surface area contributed by atoms with Crippen LogP contribution in [0, 0.1) is 0 Å². The number of hydrogen-bond donors (Lipinski definition) is 1. The second-order valence-electron chi connectivity index (χ2n) is 6.05. The van der Waals surface area contributed by atoms with Gasteiger partial charge in [-0.2, -0.15) is 0 Å². The topological polar surface area (TPSA) is 76.1 Å². The number of carboxylic acid groups (broad SMARTS) is 1. The van der Waals surface area contributed by atoms with Crippen LogP contribution in [0.2, 0.25) is 0 Å². The normalized spacial score (nSPS) is 16.2. The number of carbonyl (C=O) groups excluding carboxylic acids is 1. The lowest BCUT2D eigenvalue weighted by molar-refractivity contribution is -0.145. The van der Waals surface area contributed by atoms with Gasteiger partial charge in [0.2, 0.25) is 0 Å². The number of nitrogens with zero attached hydrogens (tertiary/aromatic N) is 1. The zero-order valence-electron chi connectivity index (χ0n) is 15.8. The van der Waals surface area contributed by atoms with Crippen LogP contribution in [0.5, 0.6) is 11.5 Å². The van der Waals surface area contributed by atoms with Gasteiger partial charge in [-0.1, -0.05) is 60.4 Å². The van der Waals surface area contributed by atoms with Gasteiger partial charge in [-0.25, -0.2) is 4.79 Å². The van der Waals surface area contributed by atoms with Crippen LogP contribution >= 0.6 is 24.0 Å². The molecular formula is C21H19NO5S2. The highest BCUT2D eigenvalue weighted by Crippen LogP contribution is 2.39. The van der Waals surface area contributed by atoms with Gasteiger partial charge in [0.1, 0.15) is 4.32 Å². The van der Waals surface area contributed by atoms with E-state index in [1.54, 1.807) is 61.7 Å². The quantitative estimate of drug-likeness (QED) is 0.524. The van der Waals surface area contributed by atoms with Gasteiger partial charge in [-0.15, -0.1) is 0 Å². The summed E-state index contributed by atoms with van der Waals surface area (Å²) in [6.07, 6.45) is 1.67. The third-order valence-electron chi connectivity index (χ3n) is 4.22. The molecule has 8 heteroatoms. The van der Waals surface area contributed by atoms with E-state index in [-0.39, 0.29) is 4.32 Å². The molecule has 0 aromatic heterocycles. The molecule has 1 atom stereocenters. The Morgan fingerprint density at radius 1 is 1.24 bits per heavy atom. The Balaban J connectivity index is 1.94. The maximum atomic E-state index is 13.0. The van der Waals surface area contributed by atoms with E-state index < -0.39 is 17.9 Å². The van der Waals surface area contributed by atoms with Gasteiger partial charge in [0.05, 0.1) is 18.6 Å². The maximum Gasteiger partial charge on any atom is 0.331 e. The molecule has 150 valence electrons. The molecule has 0 spiro atoms. The number of thioether (sulfide) groups is 1. The number of aliphatic carboxylic acids is 1. The molecule has 6 nitrogen and oxygen atoms in total. The molecule has 1 unspecified atom stereocenters.